The van der Waals surface area contributed by atoms with Crippen LogP contribution in [0.1, 0.15) is 52.4 Å². The number of carboxylic acids is 1. The Balaban J connectivity index is 1.81. The molecule has 1 spiro atoms. The molecule has 0 aromatic rings. The van der Waals surface area contributed by atoms with E-state index in [-0.39, 0.29) is 11.2 Å². The second-order valence-electron chi connectivity index (χ2n) is 6.77. The maximum atomic E-state index is 10.6. The Hall–Kier alpha value is -0.830. The van der Waals surface area contributed by atoms with Gasteiger partial charge in [0, 0.05) is 6.08 Å². The number of aliphatic carboxylic acids is 1. The van der Waals surface area contributed by atoms with Crippen molar-refractivity contribution in [2.45, 2.75) is 63.6 Å². The van der Waals surface area contributed by atoms with Crippen molar-refractivity contribution in [3.05, 3.63) is 12.2 Å². The van der Waals surface area contributed by atoms with Crippen LogP contribution in [0.2, 0.25) is 0 Å². The first-order valence-electron chi connectivity index (χ1n) is 7.02. The minimum Gasteiger partial charge on any atom is -0.478 e. The summed E-state index contributed by atoms with van der Waals surface area (Å²) in [5, 5.41) is 8.73. The third kappa shape index (κ3) is 1.49. The fourth-order valence-corrected chi connectivity index (χ4v) is 4.58. The van der Waals surface area contributed by atoms with E-state index in [1.165, 1.54) is 18.9 Å². The predicted octanol–water partition coefficient (Wildman–Crippen LogP) is 3.15. The van der Waals surface area contributed by atoms with Gasteiger partial charge in [0.05, 0.1) is 5.60 Å². The lowest BCUT2D eigenvalue weighted by Crippen LogP contribution is -2.48. The van der Waals surface area contributed by atoms with E-state index >= 15 is 0 Å². The third-order valence-corrected chi connectivity index (χ3v) is 5.70. The van der Waals surface area contributed by atoms with Crippen LogP contribution in [0, 0.1) is 11.3 Å². The highest BCUT2D eigenvalue weighted by Crippen LogP contribution is 2.71. The molecule has 18 heavy (non-hydrogen) atoms. The van der Waals surface area contributed by atoms with Gasteiger partial charge >= 0.3 is 5.97 Å². The van der Waals surface area contributed by atoms with Gasteiger partial charge in [-0.2, -0.15) is 0 Å². The molecule has 3 rings (SSSR count). The number of hydrogen-bond donors (Lipinski definition) is 1. The average molecular weight is 250 g/mol. The Morgan fingerprint density at radius 2 is 2.11 bits per heavy atom. The molecule has 3 nitrogen and oxygen atoms in total. The molecule has 0 aromatic heterocycles. The van der Waals surface area contributed by atoms with Gasteiger partial charge in [-0.3, -0.25) is 0 Å². The molecule has 3 aliphatic rings. The first-order valence-corrected chi connectivity index (χ1v) is 7.02. The lowest BCUT2D eigenvalue weighted by Gasteiger charge is -2.46. The van der Waals surface area contributed by atoms with Crippen LogP contribution in [-0.4, -0.2) is 22.3 Å². The van der Waals surface area contributed by atoms with E-state index < -0.39 is 5.97 Å². The van der Waals surface area contributed by atoms with Crippen LogP contribution in [0.3, 0.4) is 0 Å². The predicted molar refractivity (Wildman–Crippen MR) is 68.3 cm³/mol. The van der Waals surface area contributed by atoms with E-state index in [4.69, 9.17) is 9.84 Å². The van der Waals surface area contributed by atoms with Gasteiger partial charge in [0.1, 0.15) is 5.60 Å². The van der Waals surface area contributed by atoms with Crippen molar-refractivity contribution in [3.8, 4) is 0 Å². The van der Waals surface area contributed by atoms with E-state index in [0.717, 1.165) is 25.7 Å². The highest BCUT2D eigenvalue weighted by atomic mass is 16.6. The maximum absolute atomic E-state index is 10.6. The molecular weight excluding hydrogens is 228 g/mol. The Kier molecular flexibility index (Phi) is 2.44. The average Bonchev–Trinajstić information content (AvgIpc) is 2.90. The largest absolute Gasteiger partial charge is 0.478 e. The normalized spacial score (nSPS) is 50.7. The summed E-state index contributed by atoms with van der Waals surface area (Å²) < 4.78 is 6.22. The van der Waals surface area contributed by atoms with Crippen LogP contribution < -0.4 is 0 Å². The van der Waals surface area contributed by atoms with Crippen LogP contribution >= 0.6 is 0 Å². The Morgan fingerprint density at radius 3 is 2.83 bits per heavy atom. The van der Waals surface area contributed by atoms with Crippen LogP contribution in [0.5, 0.6) is 0 Å². The van der Waals surface area contributed by atoms with Gasteiger partial charge in [-0.05, 0) is 56.8 Å². The molecule has 0 bridgehead atoms. The quantitative estimate of drug-likeness (QED) is 0.605. The molecule has 2 aliphatic carbocycles. The second-order valence-corrected chi connectivity index (χ2v) is 6.77. The second kappa shape index (κ2) is 3.60. The van der Waals surface area contributed by atoms with Crippen LogP contribution in [0.4, 0.5) is 0 Å². The van der Waals surface area contributed by atoms with E-state index in [9.17, 15) is 4.79 Å². The minimum atomic E-state index is -0.844. The monoisotopic (exact) mass is 250 g/mol. The Bertz CT molecular complexity index is 416. The summed E-state index contributed by atoms with van der Waals surface area (Å²) in [5.74, 6) is -0.474. The van der Waals surface area contributed by atoms with Crippen molar-refractivity contribution in [2.24, 2.45) is 11.3 Å². The van der Waals surface area contributed by atoms with Gasteiger partial charge in [-0.25, -0.2) is 4.79 Å². The van der Waals surface area contributed by atoms with Gasteiger partial charge in [0.15, 0.2) is 0 Å². The molecule has 0 radical (unpaired) electrons. The molecule has 1 aliphatic heterocycles. The highest BCUT2D eigenvalue weighted by Gasteiger charge is 2.76. The fraction of sp³-hybridized carbons (Fsp3) is 0.800. The van der Waals surface area contributed by atoms with Crippen molar-refractivity contribution >= 4 is 5.97 Å². The standard InChI is InChI=1S/C15H22O3/c1-13-7-3-8-14(2)15(13,18-14)10-11(6-9-13)4-5-12(16)17/h4-5,11H,3,6-10H2,1-2H3,(H,16,17)/b5-4+/t11-,13-,14-,15+/m1/s1. The molecule has 4 atom stereocenters. The molecule has 3 fully saturated rings. The van der Waals surface area contributed by atoms with Gasteiger partial charge in [0.25, 0.3) is 0 Å². The number of carbonyl (C=O) groups is 1. The summed E-state index contributed by atoms with van der Waals surface area (Å²) in [4.78, 5) is 10.6. The maximum Gasteiger partial charge on any atom is 0.327 e. The number of epoxide rings is 1. The van der Waals surface area contributed by atoms with Crippen LogP contribution in [-0.2, 0) is 9.53 Å². The fourth-order valence-electron chi connectivity index (χ4n) is 4.58. The zero-order valence-electron chi connectivity index (χ0n) is 11.2. The number of hydrogen-bond acceptors (Lipinski definition) is 2. The summed E-state index contributed by atoms with van der Waals surface area (Å²) in [6, 6.07) is 0. The summed E-state index contributed by atoms with van der Waals surface area (Å²) in [6.45, 7) is 4.61. The van der Waals surface area contributed by atoms with Gasteiger partial charge in [-0.15, -0.1) is 0 Å². The number of ether oxygens (including phenoxy) is 1. The topological polar surface area (TPSA) is 49.8 Å². The SMILES string of the molecule is C[C@]12CCC[C@@]3(C)O[C@@]13C[C@H](/C=C/C(=O)O)CC2. The van der Waals surface area contributed by atoms with Gasteiger partial charge in [-0.1, -0.05) is 13.0 Å². The third-order valence-electron chi connectivity index (χ3n) is 5.70. The molecule has 0 amide bonds. The van der Waals surface area contributed by atoms with E-state index in [1.54, 1.807) is 0 Å². The lowest BCUT2D eigenvalue weighted by molar-refractivity contribution is -0.131. The van der Waals surface area contributed by atoms with E-state index in [2.05, 4.69) is 13.8 Å². The molecule has 2 saturated carbocycles. The lowest BCUT2D eigenvalue weighted by atomic mass is 9.55. The number of rotatable bonds is 2. The first kappa shape index (κ1) is 12.2. The molecule has 1 N–H and O–H groups in total. The molecule has 1 saturated heterocycles. The summed E-state index contributed by atoms with van der Waals surface area (Å²) >= 11 is 0. The van der Waals surface area contributed by atoms with Crippen LogP contribution in [0.25, 0.3) is 0 Å². The van der Waals surface area contributed by atoms with Gasteiger partial charge in [0.2, 0.25) is 0 Å². The summed E-state index contributed by atoms with van der Waals surface area (Å²) in [7, 11) is 0. The van der Waals surface area contributed by atoms with Crippen molar-refractivity contribution in [1.82, 2.24) is 0 Å². The molecular formula is C15H22O3. The Morgan fingerprint density at radius 1 is 1.33 bits per heavy atom. The van der Waals surface area contributed by atoms with Gasteiger partial charge < -0.3 is 9.84 Å². The van der Waals surface area contributed by atoms with Crippen LogP contribution in [0.15, 0.2) is 12.2 Å². The zero-order valence-corrected chi connectivity index (χ0v) is 11.2. The summed E-state index contributed by atoms with van der Waals surface area (Å²) in [5.41, 5.74) is 0.410. The van der Waals surface area contributed by atoms with E-state index in [1.807, 2.05) is 6.08 Å². The Labute approximate surface area is 108 Å². The number of allylic oxidation sites excluding steroid dienone is 1. The number of carboxylic acid groups (broad SMARTS) is 1. The van der Waals surface area contributed by atoms with Crippen molar-refractivity contribution in [2.75, 3.05) is 0 Å². The van der Waals surface area contributed by atoms with Crippen molar-refractivity contribution in [3.63, 3.8) is 0 Å². The molecule has 0 aromatic carbocycles. The molecule has 0 unspecified atom stereocenters. The molecule has 1 heterocycles. The summed E-state index contributed by atoms with van der Waals surface area (Å²) in [6.07, 6.45) is 10.1. The smallest absolute Gasteiger partial charge is 0.327 e. The minimum absolute atomic E-state index is 0.0318. The first-order chi connectivity index (χ1) is 8.41. The van der Waals surface area contributed by atoms with Crippen molar-refractivity contribution in [1.29, 1.82) is 0 Å². The molecule has 3 heteroatoms. The molecule has 100 valence electrons. The zero-order chi connectivity index (χ0) is 13.0. The van der Waals surface area contributed by atoms with Crippen molar-refractivity contribution < 1.29 is 14.6 Å². The van der Waals surface area contributed by atoms with E-state index in [0.29, 0.717) is 11.3 Å². The highest BCUT2D eigenvalue weighted by molar-refractivity contribution is 5.79.